The number of nitrogen functional groups attached to an aromatic ring is 1. The van der Waals surface area contributed by atoms with Crippen LogP contribution in [0.2, 0.25) is 0 Å². The Bertz CT molecular complexity index is 1280. The molecule has 35 heavy (non-hydrogen) atoms. The Morgan fingerprint density at radius 2 is 1.71 bits per heavy atom. The Morgan fingerprint density at radius 3 is 2.40 bits per heavy atom. The van der Waals surface area contributed by atoms with Gasteiger partial charge in [0.25, 0.3) is 0 Å². The molecule has 0 aromatic heterocycles. The van der Waals surface area contributed by atoms with Gasteiger partial charge in [0.1, 0.15) is 0 Å². The van der Waals surface area contributed by atoms with Gasteiger partial charge in [-0.3, -0.25) is 9.59 Å². The molecule has 4 rings (SSSR count). The van der Waals surface area contributed by atoms with Crippen molar-refractivity contribution in [3.05, 3.63) is 95.6 Å². The first kappa shape index (κ1) is 23.7. The minimum atomic E-state index is -0.260. The molecule has 0 saturated carbocycles. The number of likely N-dealkylation sites (tertiary alicyclic amines) is 1. The summed E-state index contributed by atoms with van der Waals surface area (Å²) in [6, 6.07) is 24.0. The average molecular weight is 466 g/mol. The molecule has 1 fully saturated rings. The van der Waals surface area contributed by atoms with Crippen molar-refractivity contribution in [2.45, 2.75) is 5.92 Å². The van der Waals surface area contributed by atoms with Crippen molar-refractivity contribution < 1.29 is 9.59 Å². The molecular formula is C28H27N5O2. The van der Waals surface area contributed by atoms with Gasteiger partial charge < -0.3 is 21.3 Å². The fourth-order valence-electron chi connectivity index (χ4n) is 4.28. The number of nitrogens with zero attached hydrogens (tertiary/aromatic N) is 2. The predicted octanol–water partition coefficient (Wildman–Crippen LogP) is 4.08. The second-order valence-electron chi connectivity index (χ2n) is 8.69. The topological polar surface area (TPSA) is 111 Å². The van der Waals surface area contributed by atoms with Crippen molar-refractivity contribution in [3.63, 3.8) is 0 Å². The lowest BCUT2D eigenvalue weighted by Crippen LogP contribution is -2.28. The lowest BCUT2D eigenvalue weighted by atomic mass is 9.88. The molecular weight excluding hydrogens is 438 g/mol. The Labute approximate surface area is 204 Å². The maximum absolute atomic E-state index is 13.0. The standard InChI is InChI=1S/C28H27N5O2/c1-33-17-23(24(18-33)28(35)31-22-13-8-20(16-29)9-14-22)21-11-6-19(7-12-21)10-15-27(34)32-26-5-3-2-4-25(26)30/h2-15,23-24H,17-18,30H2,1H3,(H,31,35)(H,32,34)/b15-10+/t23-,24+/m1/s1. The fourth-order valence-corrected chi connectivity index (χ4v) is 4.28. The third-order valence-electron chi connectivity index (χ3n) is 6.13. The van der Waals surface area contributed by atoms with E-state index in [9.17, 15) is 9.59 Å². The van der Waals surface area contributed by atoms with E-state index >= 15 is 0 Å². The molecule has 0 aliphatic carbocycles. The Kier molecular flexibility index (Phi) is 7.24. The van der Waals surface area contributed by atoms with Crippen LogP contribution in [0, 0.1) is 17.2 Å². The summed E-state index contributed by atoms with van der Waals surface area (Å²) in [6.45, 7) is 1.44. The molecule has 1 aliphatic rings. The molecule has 0 bridgehead atoms. The molecule has 0 unspecified atom stereocenters. The minimum Gasteiger partial charge on any atom is -0.397 e. The average Bonchev–Trinajstić information content (AvgIpc) is 3.27. The van der Waals surface area contributed by atoms with Crippen LogP contribution in [0.3, 0.4) is 0 Å². The van der Waals surface area contributed by atoms with Gasteiger partial charge >= 0.3 is 0 Å². The first-order valence-electron chi connectivity index (χ1n) is 11.4. The van der Waals surface area contributed by atoms with Gasteiger partial charge in [-0.05, 0) is 60.6 Å². The molecule has 1 aliphatic heterocycles. The SMILES string of the molecule is CN1C[C@H](C(=O)Nc2ccc(C#N)cc2)[C@@H](c2ccc(/C=C/C(=O)Nc3ccccc3N)cc2)C1. The number of hydrogen-bond acceptors (Lipinski definition) is 5. The smallest absolute Gasteiger partial charge is 0.248 e. The van der Waals surface area contributed by atoms with E-state index in [1.807, 2.05) is 43.4 Å². The molecule has 0 radical (unpaired) electrons. The van der Waals surface area contributed by atoms with Gasteiger partial charge in [0.05, 0.1) is 28.9 Å². The number of nitrogens with two attached hydrogens (primary N) is 1. The van der Waals surface area contributed by atoms with Gasteiger partial charge in [-0.1, -0.05) is 36.4 Å². The van der Waals surface area contributed by atoms with Crippen molar-refractivity contribution >= 4 is 35.0 Å². The van der Waals surface area contributed by atoms with Gasteiger partial charge in [0.2, 0.25) is 11.8 Å². The Hall–Kier alpha value is -4.41. The first-order chi connectivity index (χ1) is 16.9. The second-order valence-corrected chi connectivity index (χ2v) is 8.69. The summed E-state index contributed by atoms with van der Waals surface area (Å²) in [5.41, 5.74) is 10.1. The van der Waals surface area contributed by atoms with Crippen molar-refractivity contribution in [2.24, 2.45) is 5.92 Å². The van der Waals surface area contributed by atoms with E-state index < -0.39 is 0 Å². The number of carbonyl (C=O) groups excluding carboxylic acids is 2. The van der Waals surface area contributed by atoms with Crippen LogP contribution in [0.25, 0.3) is 6.08 Å². The third kappa shape index (κ3) is 5.94. The molecule has 2 amide bonds. The molecule has 4 N–H and O–H groups in total. The Morgan fingerprint density at radius 1 is 1.00 bits per heavy atom. The maximum Gasteiger partial charge on any atom is 0.248 e. The first-order valence-corrected chi connectivity index (χ1v) is 11.4. The number of rotatable bonds is 6. The number of anilines is 3. The zero-order chi connectivity index (χ0) is 24.8. The van der Waals surface area contributed by atoms with Gasteiger partial charge in [0.15, 0.2) is 0 Å². The van der Waals surface area contributed by atoms with Gasteiger partial charge in [0, 0.05) is 30.8 Å². The highest BCUT2D eigenvalue weighted by Gasteiger charge is 2.37. The summed E-state index contributed by atoms with van der Waals surface area (Å²) < 4.78 is 0. The number of para-hydroxylation sites is 2. The minimum absolute atomic E-state index is 0.0371. The highest BCUT2D eigenvalue weighted by molar-refractivity contribution is 6.03. The molecule has 176 valence electrons. The number of amides is 2. The van der Waals surface area contributed by atoms with E-state index in [1.54, 1.807) is 42.5 Å². The van der Waals surface area contributed by atoms with E-state index in [1.165, 1.54) is 6.08 Å². The molecule has 0 spiro atoms. The van der Waals surface area contributed by atoms with Crippen molar-refractivity contribution in [2.75, 3.05) is 36.5 Å². The van der Waals surface area contributed by atoms with Gasteiger partial charge in [-0.2, -0.15) is 5.26 Å². The van der Waals surface area contributed by atoms with Crippen molar-refractivity contribution in [3.8, 4) is 6.07 Å². The van der Waals surface area contributed by atoms with Crippen LogP contribution in [-0.4, -0.2) is 36.9 Å². The zero-order valence-electron chi connectivity index (χ0n) is 19.4. The predicted molar refractivity (Wildman–Crippen MR) is 138 cm³/mol. The van der Waals surface area contributed by atoms with E-state index in [4.69, 9.17) is 11.0 Å². The van der Waals surface area contributed by atoms with Crippen LogP contribution >= 0.6 is 0 Å². The summed E-state index contributed by atoms with van der Waals surface area (Å²) in [4.78, 5) is 27.4. The van der Waals surface area contributed by atoms with Crippen molar-refractivity contribution in [1.29, 1.82) is 5.26 Å². The van der Waals surface area contributed by atoms with Crippen LogP contribution in [0.15, 0.2) is 78.9 Å². The number of carbonyl (C=O) groups is 2. The number of hydrogen-bond donors (Lipinski definition) is 3. The monoisotopic (exact) mass is 465 g/mol. The number of benzene rings is 3. The molecule has 7 heteroatoms. The van der Waals surface area contributed by atoms with E-state index in [2.05, 4.69) is 21.6 Å². The van der Waals surface area contributed by atoms with Crippen LogP contribution in [0.1, 0.15) is 22.6 Å². The summed E-state index contributed by atoms with van der Waals surface area (Å²) in [5.74, 6) is -0.436. The summed E-state index contributed by atoms with van der Waals surface area (Å²) >= 11 is 0. The Balaban J connectivity index is 1.40. The zero-order valence-corrected chi connectivity index (χ0v) is 19.4. The number of likely N-dealkylation sites (N-methyl/N-ethyl adjacent to an activating group) is 1. The summed E-state index contributed by atoms with van der Waals surface area (Å²) in [6.07, 6.45) is 3.22. The number of nitrogens with one attached hydrogen (secondary N) is 2. The molecule has 7 nitrogen and oxygen atoms in total. The normalized spacial score (nSPS) is 17.7. The van der Waals surface area contributed by atoms with Gasteiger partial charge in [-0.25, -0.2) is 0 Å². The van der Waals surface area contributed by atoms with Crippen LogP contribution in [0.4, 0.5) is 17.1 Å². The largest absolute Gasteiger partial charge is 0.397 e. The maximum atomic E-state index is 13.0. The van der Waals surface area contributed by atoms with Crippen LogP contribution in [-0.2, 0) is 9.59 Å². The quantitative estimate of drug-likeness (QED) is 0.375. The van der Waals surface area contributed by atoms with E-state index in [0.717, 1.165) is 17.7 Å². The molecule has 1 heterocycles. The molecule has 3 aromatic carbocycles. The van der Waals surface area contributed by atoms with Crippen molar-refractivity contribution in [1.82, 2.24) is 4.90 Å². The van der Waals surface area contributed by atoms with E-state index in [0.29, 0.717) is 29.2 Å². The second kappa shape index (κ2) is 10.7. The third-order valence-corrected chi connectivity index (χ3v) is 6.13. The fraction of sp³-hybridized carbons (Fsp3) is 0.179. The molecule has 2 atom stereocenters. The van der Waals surface area contributed by atoms with Crippen LogP contribution < -0.4 is 16.4 Å². The van der Waals surface area contributed by atoms with Crippen LogP contribution in [0.5, 0.6) is 0 Å². The highest BCUT2D eigenvalue weighted by atomic mass is 16.2. The summed E-state index contributed by atoms with van der Waals surface area (Å²) in [5, 5.41) is 14.7. The molecule has 1 saturated heterocycles. The molecule has 3 aromatic rings. The summed E-state index contributed by atoms with van der Waals surface area (Å²) in [7, 11) is 2.01. The lowest BCUT2D eigenvalue weighted by molar-refractivity contribution is -0.119. The van der Waals surface area contributed by atoms with Gasteiger partial charge in [-0.15, -0.1) is 0 Å². The number of nitriles is 1. The highest BCUT2D eigenvalue weighted by Crippen LogP contribution is 2.33. The lowest BCUT2D eigenvalue weighted by Gasteiger charge is -2.19. The van der Waals surface area contributed by atoms with E-state index in [-0.39, 0.29) is 23.7 Å².